The van der Waals surface area contributed by atoms with Gasteiger partial charge in [0.25, 0.3) is 0 Å². The van der Waals surface area contributed by atoms with Gasteiger partial charge in [0, 0.05) is 12.0 Å². The van der Waals surface area contributed by atoms with Gasteiger partial charge in [-0.05, 0) is 24.1 Å². The van der Waals surface area contributed by atoms with Crippen LogP contribution < -0.4 is 0 Å². The number of ketones is 1. The summed E-state index contributed by atoms with van der Waals surface area (Å²) < 4.78 is 5.41. The highest BCUT2D eigenvalue weighted by molar-refractivity contribution is 6.11. The number of carbonyl (C=O) groups is 1. The van der Waals surface area contributed by atoms with E-state index in [4.69, 9.17) is 4.74 Å². The van der Waals surface area contributed by atoms with Crippen molar-refractivity contribution in [3.05, 3.63) is 71.0 Å². The van der Waals surface area contributed by atoms with E-state index in [1.807, 2.05) is 38.1 Å². The minimum Gasteiger partial charge on any atom is -0.497 e. The number of benzene rings is 2. The highest BCUT2D eigenvalue weighted by atomic mass is 16.5. The molecule has 2 aromatic carbocycles. The lowest BCUT2D eigenvalue weighted by Crippen LogP contribution is -2.07. The SMILES string of the molecule is CCO/C(CC)=C(/C#N)C(=O)c1ccc(-c2ccccc2C#N)cc1. The van der Waals surface area contributed by atoms with Gasteiger partial charge in [0.1, 0.15) is 17.4 Å². The Morgan fingerprint density at radius 1 is 1.04 bits per heavy atom. The molecular formula is C21H18N2O2. The van der Waals surface area contributed by atoms with Gasteiger partial charge in [0.05, 0.1) is 18.2 Å². The van der Waals surface area contributed by atoms with Crippen molar-refractivity contribution in [2.75, 3.05) is 6.61 Å². The van der Waals surface area contributed by atoms with Crippen LogP contribution in [-0.2, 0) is 4.74 Å². The molecule has 0 amide bonds. The zero-order chi connectivity index (χ0) is 18.2. The summed E-state index contributed by atoms with van der Waals surface area (Å²) in [6, 6.07) is 18.3. The van der Waals surface area contributed by atoms with Crippen molar-refractivity contribution in [3.8, 4) is 23.3 Å². The fraction of sp³-hybridized carbons (Fsp3) is 0.190. The molecule has 0 N–H and O–H groups in total. The van der Waals surface area contributed by atoms with E-state index in [1.54, 1.807) is 30.3 Å². The van der Waals surface area contributed by atoms with Gasteiger partial charge in [-0.25, -0.2) is 0 Å². The number of hydrogen-bond donors (Lipinski definition) is 0. The molecule has 2 rings (SSSR count). The minimum atomic E-state index is -0.354. The Kier molecular flexibility index (Phi) is 6.09. The van der Waals surface area contributed by atoms with Crippen LogP contribution in [0.1, 0.15) is 36.2 Å². The van der Waals surface area contributed by atoms with Gasteiger partial charge in [-0.3, -0.25) is 4.79 Å². The Hall–Kier alpha value is -3.37. The fourth-order valence-electron chi connectivity index (χ4n) is 2.54. The van der Waals surface area contributed by atoms with Crippen LogP contribution in [0.3, 0.4) is 0 Å². The van der Waals surface area contributed by atoms with Crippen LogP contribution in [0.5, 0.6) is 0 Å². The van der Waals surface area contributed by atoms with Gasteiger partial charge < -0.3 is 4.74 Å². The van der Waals surface area contributed by atoms with Crippen molar-refractivity contribution in [2.24, 2.45) is 0 Å². The van der Waals surface area contributed by atoms with Crippen molar-refractivity contribution in [2.45, 2.75) is 20.3 Å². The maximum absolute atomic E-state index is 12.6. The molecule has 0 aromatic heterocycles. The van der Waals surface area contributed by atoms with Gasteiger partial charge in [-0.15, -0.1) is 0 Å². The predicted molar refractivity (Wildman–Crippen MR) is 95.5 cm³/mol. The molecule has 4 heteroatoms. The predicted octanol–water partition coefficient (Wildman–Crippen LogP) is 4.63. The van der Waals surface area contributed by atoms with E-state index in [0.717, 1.165) is 11.1 Å². The zero-order valence-corrected chi connectivity index (χ0v) is 14.2. The number of ether oxygens (including phenoxy) is 1. The summed E-state index contributed by atoms with van der Waals surface area (Å²) in [5.41, 5.74) is 2.68. The summed E-state index contributed by atoms with van der Waals surface area (Å²) in [6.07, 6.45) is 0.482. The highest BCUT2D eigenvalue weighted by Gasteiger charge is 2.18. The first kappa shape index (κ1) is 18.0. The average Bonchev–Trinajstić information content (AvgIpc) is 2.67. The standard InChI is InChI=1S/C21H18N2O2/c1-3-20(25-4-2)19(14-23)21(24)16-11-9-15(10-12-16)18-8-6-5-7-17(18)13-22/h5-12H,3-4H2,1-2H3/b20-19-. The number of Topliss-reactive ketones (excluding diaryl/α,β-unsaturated/α-hetero) is 1. The molecule has 0 bridgehead atoms. The lowest BCUT2D eigenvalue weighted by atomic mass is 9.96. The number of nitriles is 2. The molecule has 124 valence electrons. The van der Waals surface area contributed by atoms with Gasteiger partial charge in [-0.1, -0.05) is 49.4 Å². The third-order valence-electron chi connectivity index (χ3n) is 3.76. The molecular weight excluding hydrogens is 312 g/mol. The van der Waals surface area contributed by atoms with E-state index >= 15 is 0 Å². The van der Waals surface area contributed by atoms with Crippen LogP contribution in [0.4, 0.5) is 0 Å². The molecule has 0 heterocycles. The molecule has 0 aliphatic heterocycles. The Morgan fingerprint density at radius 2 is 1.72 bits per heavy atom. The first-order chi connectivity index (χ1) is 12.2. The molecule has 0 aliphatic carbocycles. The number of nitrogens with zero attached hydrogens (tertiary/aromatic N) is 2. The summed E-state index contributed by atoms with van der Waals surface area (Å²) in [5.74, 6) is 0.0572. The van der Waals surface area contributed by atoms with Crippen molar-refractivity contribution in [1.82, 2.24) is 0 Å². The second-order valence-corrected chi connectivity index (χ2v) is 5.26. The summed E-state index contributed by atoms with van der Waals surface area (Å²) >= 11 is 0. The highest BCUT2D eigenvalue weighted by Crippen LogP contribution is 2.24. The summed E-state index contributed by atoms with van der Waals surface area (Å²) in [6.45, 7) is 4.07. The minimum absolute atomic E-state index is 0.0366. The lowest BCUT2D eigenvalue weighted by molar-refractivity contribution is 0.102. The van der Waals surface area contributed by atoms with Crippen LogP contribution in [0.2, 0.25) is 0 Å². The maximum atomic E-state index is 12.6. The van der Waals surface area contributed by atoms with E-state index in [2.05, 4.69) is 6.07 Å². The summed E-state index contributed by atoms with van der Waals surface area (Å²) in [7, 11) is 0. The third-order valence-corrected chi connectivity index (χ3v) is 3.76. The first-order valence-electron chi connectivity index (χ1n) is 8.06. The van der Waals surface area contributed by atoms with Crippen molar-refractivity contribution in [3.63, 3.8) is 0 Å². The Labute approximate surface area is 147 Å². The Morgan fingerprint density at radius 3 is 2.28 bits per heavy atom. The van der Waals surface area contributed by atoms with E-state index in [0.29, 0.717) is 29.9 Å². The first-order valence-corrected chi connectivity index (χ1v) is 8.06. The van der Waals surface area contributed by atoms with Gasteiger partial charge in [-0.2, -0.15) is 10.5 Å². The molecule has 4 nitrogen and oxygen atoms in total. The van der Waals surface area contributed by atoms with Crippen LogP contribution in [0.15, 0.2) is 59.9 Å². The summed E-state index contributed by atoms with van der Waals surface area (Å²) in [4.78, 5) is 12.6. The molecule has 2 aromatic rings. The molecule has 0 radical (unpaired) electrons. The average molecular weight is 330 g/mol. The number of rotatable bonds is 6. The van der Waals surface area contributed by atoms with E-state index in [1.165, 1.54) is 0 Å². The zero-order valence-electron chi connectivity index (χ0n) is 14.2. The van der Waals surface area contributed by atoms with Crippen molar-refractivity contribution >= 4 is 5.78 Å². The molecule has 0 fully saturated rings. The quantitative estimate of drug-likeness (QED) is 0.335. The second-order valence-electron chi connectivity index (χ2n) is 5.26. The molecule has 0 spiro atoms. The largest absolute Gasteiger partial charge is 0.497 e. The lowest BCUT2D eigenvalue weighted by Gasteiger charge is -2.09. The van der Waals surface area contributed by atoms with Gasteiger partial charge in [0.15, 0.2) is 0 Å². The molecule has 0 unspecified atom stereocenters. The van der Waals surface area contributed by atoms with Gasteiger partial charge in [0.2, 0.25) is 5.78 Å². The van der Waals surface area contributed by atoms with Crippen LogP contribution in [-0.4, -0.2) is 12.4 Å². The van der Waals surface area contributed by atoms with E-state index in [-0.39, 0.29) is 11.4 Å². The van der Waals surface area contributed by atoms with Crippen LogP contribution >= 0.6 is 0 Å². The number of hydrogen-bond acceptors (Lipinski definition) is 4. The fourth-order valence-corrected chi connectivity index (χ4v) is 2.54. The van der Waals surface area contributed by atoms with Crippen molar-refractivity contribution < 1.29 is 9.53 Å². The normalized spacial score (nSPS) is 11.0. The number of allylic oxidation sites excluding steroid dienone is 2. The monoisotopic (exact) mass is 330 g/mol. The Balaban J connectivity index is 2.38. The van der Waals surface area contributed by atoms with Gasteiger partial charge >= 0.3 is 0 Å². The molecule has 25 heavy (non-hydrogen) atoms. The smallest absolute Gasteiger partial charge is 0.206 e. The maximum Gasteiger partial charge on any atom is 0.206 e. The van der Waals surface area contributed by atoms with Crippen LogP contribution in [0, 0.1) is 22.7 Å². The molecule has 0 aliphatic rings. The topological polar surface area (TPSA) is 73.9 Å². The molecule has 0 atom stereocenters. The van der Waals surface area contributed by atoms with E-state index in [9.17, 15) is 15.3 Å². The van der Waals surface area contributed by atoms with Crippen molar-refractivity contribution in [1.29, 1.82) is 10.5 Å². The second kappa shape index (κ2) is 8.47. The van der Waals surface area contributed by atoms with E-state index < -0.39 is 0 Å². The third kappa shape index (κ3) is 3.94. The Bertz CT molecular complexity index is 881. The van der Waals surface area contributed by atoms with Crippen LogP contribution in [0.25, 0.3) is 11.1 Å². The summed E-state index contributed by atoms with van der Waals surface area (Å²) in [5, 5.41) is 18.5. The molecule has 0 saturated carbocycles. The molecule has 0 saturated heterocycles. The number of carbonyl (C=O) groups excluding carboxylic acids is 1.